The number of carbonyl (C=O) groups excluding carboxylic acids is 1. The second kappa shape index (κ2) is 8.12. The van der Waals surface area contributed by atoms with Crippen LogP contribution in [0.25, 0.3) is 0 Å². The molecule has 2 N–H and O–H groups in total. The molecule has 0 aromatic heterocycles. The van der Waals surface area contributed by atoms with Crippen LogP contribution in [0.3, 0.4) is 0 Å². The molecule has 3 nitrogen and oxygen atoms in total. The van der Waals surface area contributed by atoms with Crippen molar-refractivity contribution in [2.45, 2.75) is 6.18 Å². The van der Waals surface area contributed by atoms with E-state index < -0.39 is 17.6 Å². The van der Waals surface area contributed by atoms with Crippen molar-refractivity contribution in [3.05, 3.63) is 87.9 Å². The van der Waals surface area contributed by atoms with E-state index in [9.17, 15) is 18.0 Å². The van der Waals surface area contributed by atoms with E-state index in [4.69, 9.17) is 23.2 Å². The molecule has 0 saturated heterocycles. The molecule has 3 aromatic rings. The van der Waals surface area contributed by atoms with Crippen LogP contribution in [0.5, 0.6) is 0 Å². The van der Waals surface area contributed by atoms with E-state index in [1.165, 1.54) is 12.1 Å². The lowest BCUT2D eigenvalue weighted by Gasteiger charge is -2.14. The van der Waals surface area contributed by atoms with Crippen molar-refractivity contribution >= 4 is 46.2 Å². The van der Waals surface area contributed by atoms with Gasteiger partial charge < -0.3 is 10.6 Å². The molecule has 3 rings (SSSR count). The summed E-state index contributed by atoms with van der Waals surface area (Å²) in [5.74, 6) is -0.487. The van der Waals surface area contributed by atoms with Crippen LogP contribution in [-0.4, -0.2) is 5.91 Å². The number of alkyl halides is 3. The molecule has 0 fully saturated rings. The van der Waals surface area contributed by atoms with E-state index in [-0.39, 0.29) is 21.3 Å². The third-order valence-corrected chi connectivity index (χ3v) is 4.66. The summed E-state index contributed by atoms with van der Waals surface area (Å²) in [5.41, 5.74) is 0.322. The molecule has 0 bridgehead atoms. The third kappa shape index (κ3) is 4.58. The zero-order valence-corrected chi connectivity index (χ0v) is 15.7. The Morgan fingerprint density at radius 1 is 0.857 bits per heavy atom. The SMILES string of the molecule is O=C(Nc1cccc(Cl)c1Cl)c1ccccc1Nc1cccc(C(F)(F)F)c1. The minimum atomic E-state index is -4.46. The average Bonchev–Trinajstić information content (AvgIpc) is 2.65. The van der Waals surface area contributed by atoms with Gasteiger partial charge in [-0.05, 0) is 42.5 Å². The van der Waals surface area contributed by atoms with Gasteiger partial charge in [0, 0.05) is 5.69 Å². The maximum absolute atomic E-state index is 12.9. The maximum atomic E-state index is 12.9. The van der Waals surface area contributed by atoms with Crippen molar-refractivity contribution in [2.75, 3.05) is 10.6 Å². The van der Waals surface area contributed by atoms with Gasteiger partial charge in [-0.15, -0.1) is 0 Å². The van der Waals surface area contributed by atoms with Crippen molar-refractivity contribution in [3.63, 3.8) is 0 Å². The van der Waals surface area contributed by atoms with Crippen LogP contribution in [0.1, 0.15) is 15.9 Å². The molecule has 0 aliphatic carbocycles. The zero-order valence-electron chi connectivity index (χ0n) is 14.1. The number of benzene rings is 3. The second-order valence-corrected chi connectivity index (χ2v) is 6.59. The van der Waals surface area contributed by atoms with E-state index in [1.807, 2.05) is 0 Å². The monoisotopic (exact) mass is 424 g/mol. The van der Waals surface area contributed by atoms with Crippen LogP contribution in [0.2, 0.25) is 10.0 Å². The molecular weight excluding hydrogens is 412 g/mol. The first-order valence-electron chi connectivity index (χ1n) is 8.04. The number of para-hydroxylation sites is 1. The lowest BCUT2D eigenvalue weighted by atomic mass is 10.1. The minimum Gasteiger partial charge on any atom is -0.355 e. The summed E-state index contributed by atoms with van der Waals surface area (Å²) in [7, 11) is 0. The Balaban J connectivity index is 1.87. The summed E-state index contributed by atoms with van der Waals surface area (Å²) in [6.45, 7) is 0. The molecule has 0 aliphatic rings. The van der Waals surface area contributed by atoms with Crippen LogP contribution < -0.4 is 10.6 Å². The Bertz CT molecular complexity index is 1020. The van der Waals surface area contributed by atoms with Gasteiger partial charge in [0.05, 0.1) is 32.5 Å². The Morgan fingerprint density at radius 3 is 2.29 bits per heavy atom. The third-order valence-electron chi connectivity index (χ3n) is 3.84. The molecule has 1 amide bonds. The molecule has 0 radical (unpaired) electrons. The molecule has 0 aliphatic heterocycles. The topological polar surface area (TPSA) is 41.1 Å². The molecule has 0 atom stereocenters. The lowest BCUT2D eigenvalue weighted by molar-refractivity contribution is -0.137. The van der Waals surface area contributed by atoms with Gasteiger partial charge in [0.15, 0.2) is 0 Å². The molecule has 0 unspecified atom stereocenters. The molecule has 0 spiro atoms. The van der Waals surface area contributed by atoms with E-state index in [2.05, 4.69) is 10.6 Å². The predicted molar refractivity (Wildman–Crippen MR) is 106 cm³/mol. The molecule has 0 saturated carbocycles. The second-order valence-electron chi connectivity index (χ2n) is 5.80. The zero-order chi connectivity index (χ0) is 20.3. The van der Waals surface area contributed by atoms with E-state index >= 15 is 0 Å². The van der Waals surface area contributed by atoms with Crippen LogP contribution in [-0.2, 0) is 6.18 Å². The average molecular weight is 425 g/mol. The van der Waals surface area contributed by atoms with Gasteiger partial charge in [0.2, 0.25) is 0 Å². The van der Waals surface area contributed by atoms with Gasteiger partial charge in [0.1, 0.15) is 0 Å². The Kier molecular flexibility index (Phi) is 5.82. The van der Waals surface area contributed by atoms with Gasteiger partial charge in [-0.3, -0.25) is 4.79 Å². The van der Waals surface area contributed by atoms with Crippen molar-refractivity contribution in [3.8, 4) is 0 Å². The highest BCUT2D eigenvalue weighted by Crippen LogP contribution is 2.33. The summed E-state index contributed by atoms with van der Waals surface area (Å²) in [5, 5.41) is 5.99. The summed E-state index contributed by atoms with van der Waals surface area (Å²) < 4.78 is 38.7. The van der Waals surface area contributed by atoms with Crippen LogP contribution in [0.15, 0.2) is 66.7 Å². The maximum Gasteiger partial charge on any atom is 0.416 e. The molecule has 28 heavy (non-hydrogen) atoms. The minimum absolute atomic E-state index is 0.195. The van der Waals surface area contributed by atoms with Crippen LogP contribution in [0, 0.1) is 0 Å². The molecule has 8 heteroatoms. The van der Waals surface area contributed by atoms with E-state index in [0.29, 0.717) is 11.4 Å². The van der Waals surface area contributed by atoms with Gasteiger partial charge in [-0.2, -0.15) is 13.2 Å². The number of nitrogens with one attached hydrogen (secondary N) is 2. The molecular formula is C20H13Cl2F3N2O. The largest absolute Gasteiger partial charge is 0.416 e. The predicted octanol–water partition coefficient (Wildman–Crippen LogP) is 7.01. The van der Waals surface area contributed by atoms with Crippen LogP contribution >= 0.6 is 23.2 Å². The summed E-state index contributed by atoms with van der Waals surface area (Å²) in [4.78, 5) is 12.7. The Labute approximate surface area is 169 Å². The number of carbonyl (C=O) groups is 1. The highest BCUT2D eigenvalue weighted by atomic mass is 35.5. The standard InChI is InChI=1S/C20H13Cl2F3N2O/c21-15-8-4-10-17(18(15)22)27-19(28)14-7-1-2-9-16(14)26-13-6-3-5-12(11-13)20(23,24)25/h1-11,26H,(H,27,28). The summed E-state index contributed by atoms with van der Waals surface area (Å²) in [6.07, 6.45) is -4.46. The fraction of sp³-hybridized carbons (Fsp3) is 0.0500. The number of amides is 1. The highest BCUT2D eigenvalue weighted by Gasteiger charge is 2.30. The molecule has 3 aromatic carbocycles. The number of rotatable bonds is 4. The number of anilines is 3. The number of hydrogen-bond donors (Lipinski definition) is 2. The van der Waals surface area contributed by atoms with Gasteiger partial charge in [0.25, 0.3) is 5.91 Å². The smallest absolute Gasteiger partial charge is 0.355 e. The highest BCUT2D eigenvalue weighted by molar-refractivity contribution is 6.44. The van der Waals surface area contributed by atoms with Crippen molar-refractivity contribution in [2.24, 2.45) is 0 Å². The fourth-order valence-electron chi connectivity index (χ4n) is 2.51. The quantitative estimate of drug-likeness (QED) is 0.472. The lowest BCUT2D eigenvalue weighted by Crippen LogP contribution is -2.14. The van der Waals surface area contributed by atoms with Crippen molar-refractivity contribution in [1.82, 2.24) is 0 Å². The van der Waals surface area contributed by atoms with E-state index in [1.54, 1.807) is 42.5 Å². The first kappa shape index (κ1) is 20.0. The van der Waals surface area contributed by atoms with E-state index in [0.717, 1.165) is 12.1 Å². The van der Waals surface area contributed by atoms with Gasteiger partial charge in [-0.25, -0.2) is 0 Å². The normalized spacial score (nSPS) is 11.2. The van der Waals surface area contributed by atoms with Crippen molar-refractivity contribution in [1.29, 1.82) is 0 Å². The van der Waals surface area contributed by atoms with Crippen LogP contribution in [0.4, 0.5) is 30.2 Å². The number of hydrogen-bond acceptors (Lipinski definition) is 2. The first-order chi connectivity index (χ1) is 13.3. The first-order valence-corrected chi connectivity index (χ1v) is 8.80. The molecule has 0 heterocycles. The Morgan fingerprint density at radius 2 is 1.54 bits per heavy atom. The Hall–Kier alpha value is -2.70. The molecule has 144 valence electrons. The number of halogens is 5. The van der Waals surface area contributed by atoms with Gasteiger partial charge in [-0.1, -0.05) is 47.5 Å². The van der Waals surface area contributed by atoms with Crippen molar-refractivity contribution < 1.29 is 18.0 Å². The summed E-state index contributed by atoms with van der Waals surface area (Å²) in [6, 6.07) is 16.0. The fourth-order valence-corrected chi connectivity index (χ4v) is 2.86. The van der Waals surface area contributed by atoms with Gasteiger partial charge >= 0.3 is 6.18 Å². The summed E-state index contributed by atoms with van der Waals surface area (Å²) >= 11 is 12.0.